The first-order valence-electron chi connectivity index (χ1n) is 9.29. The number of piperazine rings is 1. The number of nitrogens with one attached hydrogen (secondary N) is 2. The molecule has 6 nitrogen and oxygen atoms in total. The molecule has 0 aromatic heterocycles. The van der Waals surface area contributed by atoms with Gasteiger partial charge in [0.15, 0.2) is 0 Å². The highest BCUT2D eigenvalue weighted by Gasteiger charge is 2.27. The van der Waals surface area contributed by atoms with Crippen LogP contribution in [0.2, 0.25) is 0 Å². The van der Waals surface area contributed by atoms with Gasteiger partial charge in [0.25, 0.3) is 0 Å². The van der Waals surface area contributed by atoms with Gasteiger partial charge < -0.3 is 5.32 Å². The fraction of sp³-hybridized carbons (Fsp3) is 0.600. The van der Waals surface area contributed by atoms with E-state index in [1.165, 1.54) is 11.1 Å². The first-order valence-corrected chi connectivity index (χ1v) is 9.29. The number of hydrogen-bond acceptors (Lipinski definition) is 4. The number of nitrogens with zero attached hydrogens (tertiary/aromatic N) is 2. The summed E-state index contributed by atoms with van der Waals surface area (Å²) in [4.78, 5) is 28.7. The van der Waals surface area contributed by atoms with Gasteiger partial charge >= 0.3 is 6.03 Å². The lowest BCUT2D eigenvalue weighted by Crippen LogP contribution is -2.56. The fourth-order valence-corrected chi connectivity index (χ4v) is 3.13. The molecule has 0 radical (unpaired) electrons. The Hall–Kier alpha value is -1.92. The maximum absolute atomic E-state index is 12.3. The van der Waals surface area contributed by atoms with Crippen molar-refractivity contribution in [2.24, 2.45) is 0 Å². The number of carbonyl (C=O) groups excluding carboxylic acids is 2. The summed E-state index contributed by atoms with van der Waals surface area (Å²) in [5.74, 6) is -0.251. The van der Waals surface area contributed by atoms with E-state index >= 15 is 0 Å². The number of imide groups is 1. The molecule has 6 heteroatoms. The Bertz CT molecular complexity index is 631. The Kier molecular flexibility index (Phi) is 6.78. The van der Waals surface area contributed by atoms with Gasteiger partial charge in [0.2, 0.25) is 5.91 Å². The van der Waals surface area contributed by atoms with Gasteiger partial charge in [0.05, 0.1) is 6.04 Å². The molecule has 1 aliphatic heterocycles. The topological polar surface area (TPSA) is 64.7 Å². The fourth-order valence-electron chi connectivity index (χ4n) is 3.13. The van der Waals surface area contributed by atoms with Gasteiger partial charge in [0.1, 0.15) is 0 Å². The van der Waals surface area contributed by atoms with Crippen LogP contribution in [0.3, 0.4) is 0 Å². The van der Waals surface area contributed by atoms with E-state index in [0.29, 0.717) is 0 Å². The van der Waals surface area contributed by atoms with E-state index < -0.39 is 6.03 Å². The molecular formula is C20H32N4O2. The Morgan fingerprint density at radius 3 is 2.38 bits per heavy atom. The molecule has 0 aliphatic carbocycles. The summed E-state index contributed by atoms with van der Waals surface area (Å²) < 4.78 is 0. The van der Waals surface area contributed by atoms with Crippen LogP contribution in [0.1, 0.15) is 38.8 Å². The van der Waals surface area contributed by atoms with Crippen LogP contribution in [0.15, 0.2) is 24.3 Å². The lowest BCUT2D eigenvalue weighted by molar-refractivity contribution is -0.125. The second-order valence-corrected chi connectivity index (χ2v) is 8.17. The van der Waals surface area contributed by atoms with Gasteiger partial charge in [-0.05, 0) is 40.2 Å². The van der Waals surface area contributed by atoms with Crippen LogP contribution < -0.4 is 10.6 Å². The molecule has 0 bridgehead atoms. The molecule has 1 aliphatic rings. The number of amides is 3. The van der Waals surface area contributed by atoms with E-state index in [1.807, 2.05) is 27.7 Å². The van der Waals surface area contributed by atoms with E-state index in [1.54, 1.807) is 0 Å². The molecule has 1 aromatic rings. The predicted octanol–water partition coefficient (Wildman–Crippen LogP) is 2.13. The third kappa shape index (κ3) is 6.42. The molecule has 26 heavy (non-hydrogen) atoms. The molecule has 3 amide bonds. The summed E-state index contributed by atoms with van der Waals surface area (Å²) in [6.07, 6.45) is 0. The molecule has 1 heterocycles. The number of hydrogen-bond donors (Lipinski definition) is 2. The molecule has 1 aromatic carbocycles. The minimum Gasteiger partial charge on any atom is -0.333 e. The van der Waals surface area contributed by atoms with Crippen LogP contribution in [-0.2, 0) is 11.3 Å². The van der Waals surface area contributed by atoms with Gasteiger partial charge in [-0.3, -0.25) is 19.9 Å². The zero-order chi connectivity index (χ0) is 19.3. The molecule has 1 unspecified atom stereocenters. The zero-order valence-corrected chi connectivity index (χ0v) is 16.6. The maximum Gasteiger partial charge on any atom is 0.321 e. The normalized spacial score (nSPS) is 17.6. The lowest BCUT2D eigenvalue weighted by Gasteiger charge is -2.37. The van der Waals surface area contributed by atoms with Gasteiger partial charge in [0, 0.05) is 38.3 Å². The largest absolute Gasteiger partial charge is 0.333 e. The monoisotopic (exact) mass is 360 g/mol. The van der Waals surface area contributed by atoms with E-state index in [9.17, 15) is 9.59 Å². The van der Waals surface area contributed by atoms with Crippen LogP contribution in [0.5, 0.6) is 0 Å². The summed E-state index contributed by atoms with van der Waals surface area (Å²) in [6, 6.07) is 7.82. The Morgan fingerprint density at radius 2 is 1.81 bits per heavy atom. The summed E-state index contributed by atoms with van der Waals surface area (Å²) in [5.41, 5.74) is 2.23. The predicted molar refractivity (Wildman–Crippen MR) is 104 cm³/mol. The Morgan fingerprint density at radius 1 is 1.15 bits per heavy atom. The van der Waals surface area contributed by atoms with Crippen LogP contribution in [0.4, 0.5) is 4.79 Å². The highest BCUT2D eigenvalue weighted by atomic mass is 16.2. The van der Waals surface area contributed by atoms with Crippen molar-refractivity contribution in [2.75, 3.05) is 26.2 Å². The summed E-state index contributed by atoms with van der Waals surface area (Å²) in [7, 11) is 0. The van der Waals surface area contributed by atoms with Crippen LogP contribution in [0.25, 0.3) is 0 Å². The highest BCUT2D eigenvalue weighted by molar-refractivity contribution is 5.97. The molecule has 0 spiro atoms. The van der Waals surface area contributed by atoms with Crippen molar-refractivity contribution in [1.29, 1.82) is 0 Å². The van der Waals surface area contributed by atoms with E-state index in [2.05, 4.69) is 51.6 Å². The average Bonchev–Trinajstić information content (AvgIpc) is 2.53. The standard InChI is InChI=1S/C20H32N4O2/c1-15-7-6-8-17(13-15)14-23-9-11-24(12-10-23)16(2)18(25)21-19(26)22-20(3,4)5/h6-8,13,16H,9-12,14H2,1-5H3,(H2,21,22,25,26). The van der Waals surface area contributed by atoms with Gasteiger partial charge in [-0.25, -0.2) is 4.79 Å². The Balaban J connectivity index is 1.79. The van der Waals surface area contributed by atoms with E-state index in [0.717, 1.165) is 32.7 Å². The van der Waals surface area contributed by atoms with Crippen molar-refractivity contribution >= 4 is 11.9 Å². The van der Waals surface area contributed by atoms with Crippen molar-refractivity contribution in [1.82, 2.24) is 20.4 Å². The minimum absolute atomic E-state index is 0.251. The molecular weight excluding hydrogens is 328 g/mol. The van der Waals surface area contributed by atoms with Crippen LogP contribution >= 0.6 is 0 Å². The molecule has 1 saturated heterocycles. The molecule has 144 valence electrons. The quantitative estimate of drug-likeness (QED) is 0.863. The number of urea groups is 1. The van der Waals surface area contributed by atoms with Crippen LogP contribution in [0, 0.1) is 6.92 Å². The van der Waals surface area contributed by atoms with E-state index in [4.69, 9.17) is 0 Å². The number of aryl methyl sites for hydroxylation is 1. The van der Waals surface area contributed by atoms with Crippen LogP contribution in [-0.4, -0.2) is 59.5 Å². The van der Waals surface area contributed by atoms with E-state index in [-0.39, 0.29) is 17.5 Å². The average molecular weight is 361 g/mol. The Labute approximate surface area is 156 Å². The first-order chi connectivity index (χ1) is 12.1. The number of benzene rings is 1. The molecule has 2 N–H and O–H groups in total. The van der Waals surface area contributed by atoms with Gasteiger partial charge in [-0.1, -0.05) is 29.8 Å². The first kappa shape index (κ1) is 20.4. The second-order valence-electron chi connectivity index (χ2n) is 8.17. The summed E-state index contributed by atoms with van der Waals surface area (Å²) in [6.45, 7) is 14.0. The zero-order valence-electron chi connectivity index (χ0n) is 16.6. The van der Waals surface area contributed by atoms with Crippen molar-refractivity contribution < 1.29 is 9.59 Å². The number of carbonyl (C=O) groups is 2. The smallest absolute Gasteiger partial charge is 0.321 e. The maximum atomic E-state index is 12.3. The third-order valence-electron chi connectivity index (χ3n) is 4.55. The van der Waals surface area contributed by atoms with Gasteiger partial charge in [-0.2, -0.15) is 0 Å². The van der Waals surface area contributed by atoms with Crippen molar-refractivity contribution in [2.45, 2.75) is 52.7 Å². The lowest BCUT2D eigenvalue weighted by atomic mass is 10.1. The molecule has 1 atom stereocenters. The highest BCUT2D eigenvalue weighted by Crippen LogP contribution is 2.12. The minimum atomic E-state index is -0.438. The molecule has 2 rings (SSSR count). The third-order valence-corrected chi connectivity index (χ3v) is 4.55. The van der Waals surface area contributed by atoms with Crippen molar-refractivity contribution in [3.8, 4) is 0 Å². The summed E-state index contributed by atoms with van der Waals surface area (Å²) >= 11 is 0. The summed E-state index contributed by atoms with van der Waals surface area (Å²) in [5, 5.41) is 5.20. The van der Waals surface area contributed by atoms with Crippen molar-refractivity contribution in [3.63, 3.8) is 0 Å². The number of rotatable bonds is 4. The SMILES string of the molecule is Cc1cccc(CN2CCN(C(C)C(=O)NC(=O)NC(C)(C)C)CC2)c1. The molecule has 1 fully saturated rings. The van der Waals surface area contributed by atoms with Crippen molar-refractivity contribution in [3.05, 3.63) is 35.4 Å². The second kappa shape index (κ2) is 8.64. The molecule has 0 saturated carbocycles. The van der Waals surface area contributed by atoms with Gasteiger partial charge in [-0.15, -0.1) is 0 Å².